The SMILES string of the molecule is FC(F)(F)Oc1ccccc1NC1CCc2cccnc21. The molecule has 0 amide bonds. The summed E-state index contributed by atoms with van der Waals surface area (Å²) in [6.07, 6.45) is -1.35. The topological polar surface area (TPSA) is 34.1 Å². The molecule has 1 atom stereocenters. The summed E-state index contributed by atoms with van der Waals surface area (Å²) in [5.41, 5.74) is 2.34. The van der Waals surface area contributed by atoms with Crippen LogP contribution in [0.25, 0.3) is 0 Å². The van der Waals surface area contributed by atoms with Crippen LogP contribution in [-0.4, -0.2) is 11.3 Å². The van der Waals surface area contributed by atoms with Crippen molar-refractivity contribution in [3.8, 4) is 5.75 Å². The summed E-state index contributed by atoms with van der Waals surface area (Å²) in [6.45, 7) is 0. The molecule has 1 aliphatic rings. The Hall–Kier alpha value is -2.24. The van der Waals surface area contributed by atoms with Gasteiger partial charge in [0.05, 0.1) is 17.4 Å². The summed E-state index contributed by atoms with van der Waals surface area (Å²) in [4.78, 5) is 4.32. The molecule has 0 aliphatic heterocycles. The lowest BCUT2D eigenvalue weighted by Crippen LogP contribution is -2.19. The molecular weight excluding hydrogens is 281 g/mol. The number of nitrogens with zero attached hydrogens (tertiary/aromatic N) is 1. The summed E-state index contributed by atoms with van der Waals surface area (Å²) < 4.78 is 41.3. The van der Waals surface area contributed by atoms with Crippen LogP contribution >= 0.6 is 0 Å². The Bertz CT molecular complexity index is 643. The number of halogens is 3. The number of hydrogen-bond acceptors (Lipinski definition) is 3. The Balaban J connectivity index is 1.83. The number of pyridine rings is 1. The van der Waals surface area contributed by atoms with E-state index in [-0.39, 0.29) is 11.8 Å². The summed E-state index contributed by atoms with van der Waals surface area (Å²) in [5, 5.41) is 3.10. The number of ether oxygens (including phenoxy) is 1. The van der Waals surface area contributed by atoms with Crippen molar-refractivity contribution < 1.29 is 17.9 Å². The molecule has 1 aromatic carbocycles. The second-order valence-corrected chi connectivity index (χ2v) is 4.83. The average molecular weight is 294 g/mol. The first-order chi connectivity index (χ1) is 10.0. The van der Waals surface area contributed by atoms with Gasteiger partial charge in [-0.25, -0.2) is 0 Å². The zero-order chi connectivity index (χ0) is 14.9. The Morgan fingerprint density at radius 3 is 2.76 bits per heavy atom. The lowest BCUT2D eigenvalue weighted by Gasteiger charge is -2.18. The Kier molecular flexibility index (Phi) is 3.45. The van der Waals surface area contributed by atoms with E-state index < -0.39 is 6.36 Å². The number of benzene rings is 1. The zero-order valence-corrected chi connectivity index (χ0v) is 11.0. The number of alkyl halides is 3. The highest BCUT2D eigenvalue weighted by atomic mass is 19.4. The molecule has 1 heterocycles. The van der Waals surface area contributed by atoms with Crippen molar-refractivity contribution in [1.82, 2.24) is 4.98 Å². The maximum Gasteiger partial charge on any atom is 0.573 e. The lowest BCUT2D eigenvalue weighted by atomic mass is 10.2. The summed E-state index contributed by atoms with van der Waals surface area (Å²) >= 11 is 0. The van der Waals surface area contributed by atoms with Crippen LogP contribution in [-0.2, 0) is 6.42 Å². The first kappa shape index (κ1) is 13.7. The standard InChI is InChI=1S/C15H13F3N2O/c16-15(17,18)21-13-6-2-1-5-11(13)20-12-8-7-10-4-3-9-19-14(10)12/h1-6,9,12,20H,7-8H2. The van der Waals surface area contributed by atoms with E-state index in [0.29, 0.717) is 5.69 Å². The number of hydrogen-bond donors (Lipinski definition) is 1. The van der Waals surface area contributed by atoms with Gasteiger partial charge in [-0.3, -0.25) is 4.98 Å². The van der Waals surface area contributed by atoms with Gasteiger partial charge in [-0.2, -0.15) is 0 Å². The smallest absolute Gasteiger partial charge is 0.404 e. The number of para-hydroxylation sites is 2. The molecule has 3 nitrogen and oxygen atoms in total. The van der Waals surface area contributed by atoms with E-state index in [4.69, 9.17) is 0 Å². The number of rotatable bonds is 3. The van der Waals surface area contributed by atoms with E-state index in [9.17, 15) is 13.2 Å². The van der Waals surface area contributed by atoms with Gasteiger partial charge in [0.1, 0.15) is 0 Å². The van der Waals surface area contributed by atoms with Crippen LogP contribution < -0.4 is 10.1 Å². The second-order valence-electron chi connectivity index (χ2n) is 4.83. The Morgan fingerprint density at radius 1 is 1.14 bits per heavy atom. The molecule has 110 valence electrons. The fourth-order valence-electron chi connectivity index (χ4n) is 2.54. The van der Waals surface area contributed by atoms with E-state index >= 15 is 0 Å². The highest BCUT2D eigenvalue weighted by molar-refractivity contribution is 5.58. The molecular formula is C15H13F3N2O. The number of fused-ring (bicyclic) bond motifs is 1. The van der Waals surface area contributed by atoms with Crippen molar-refractivity contribution in [2.24, 2.45) is 0 Å². The van der Waals surface area contributed by atoms with Crippen LogP contribution in [0.3, 0.4) is 0 Å². The molecule has 1 aliphatic carbocycles. The highest BCUT2D eigenvalue weighted by Gasteiger charge is 2.32. The monoisotopic (exact) mass is 294 g/mol. The van der Waals surface area contributed by atoms with E-state index in [2.05, 4.69) is 15.0 Å². The molecule has 1 aromatic heterocycles. The van der Waals surface area contributed by atoms with Gasteiger partial charge in [-0.15, -0.1) is 13.2 Å². The van der Waals surface area contributed by atoms with Crippen molar-refractivity contribution >= 4 is 5.69 Å². The Morgan fingerprint density at radius 2 is 1.95 bits per heavy atom. The molecule has 0 radical (unpaired) electrons. The molecule has 0 bridgehead atoms. The fourth-order valence-corrected chi connectivity index (χ4v) is 2.54. The number of nitrogens with one attached hydrogen (secondary N) is 1. The van der Waals surface area contributed by atoms with E-state index in [1.165, 1.54) is 12.1 Å². The maximum absolute atomic E-state index is 12.4. The summed E-state index contributed by atoms with van der Waals surface area (Å²) in [7, 11) is 0. The molecule has 0 spiro atoms. The van der Waals surface area contributed by atoms with Crippen LogP contribution in [0.5, 0.6) is 5.75 Å². The van der Waals surface area contributed by atoms with Gasteiger partial charge in [0.15, 0.2) is 5.75 Å². The first-order valence-electron chi connectivity index (χ1n) is 6.58. The van der Waals surface area contributed by atoms with Crippen LogP contribution in [0.15, 0.2) is 42.6 Å². The van der Waals surface area contributed by atoms with Gasteiger partial charge in [0.25, 0.3) is 0 Å². The van der Waals surface area contributed by atoms with Gasteiger partial charge in [0.2, 0.25) is 0 Å². The number of aromatic nitrogens is 1. The summed E-state index contributed by atoms with van der Waals surface area (Å²) in [5.74, 6) is -0.227. The molecule has 2 aromatic rings. The van der Waals surface area contributed by atoms with Crippen molar-refractivity contribution in [2.75, 3.05) is 5.32 Å². The highest BCUT2D eigenvalue weighted by Crippen LogP contribution is 2.36. The number of aryl methyl sites for hydroxylation is 1. The minimum absolute atomic E-state index is 0.0980. The molecule has 21 heavy (non-hydrogen) atoms. The molecule has 0 saturated carbocycles. The molecule has 3 rings (SSSR count). The average Bonchev–Trinajstić information content (AvgIpc) is 2.83. The maximum atomic E-state index is 12.4. The Labute approximate surface area is 119 Å². The predicted molar refractivity (Wildman–Crippen MR) is 72.0 cm³/mol. The third-order valence-corrected chi connectivity index (χ3v) is 3.40. The van der Waals surface area contributed by atoms with Gasteiger partial charge in [0, 0.05) is 6.20 Å². The van der Waals surface area contributed by atoms with Crippen molar-refractivity contribution in [3.63, 3.8) is 0 Å². The first-order valence-corrected chi connectivity index (χ1v) is 6.58. The van der Waals surface area contributed by atoms with Gasteiger partial charge in [-0.1, -0.05) is 18.2 Å². The van der Waals surface area contributed by atoms with Gasteiger partial charge < -0.3 is 10.1 Å². The second kappa shape index (κ2) is 5.27. The molecule has 6 heteroatoms. The normalized spacial score (nSPS) is 17.4. The fraction of sp³-hybridized carbons (Fsp3) is 0.267. The van der Waals surface area contributed by atoms with E-state index in [1.807, 2.05) is 12.1 Å². The van der Waals surface area contributed by atoms with Crippen LogP contribution in [0, 0.1) is 0 Å². The molecule has 1 unspecified atom stereocenters. The van der Waals surface area contributed by atoms with Crippen molar-refractivity contribution in [3.05, 3.63) is 53.9 Å². The van der Waals surface area contributed by atoms with Crippen molar-refractivity contribution in [2.45, 2.75) is 25.2 Å². The molecule has 0 fully saturated rings. The summed E-state index contributed by atoms with van der Waals surface area (Å²) in [6, 6.07) is 9.79. The number of anilines is 1. The van der Waals surface area contributed by atoms with Gasteiger partial charge in [-0.05, 0) is 36.6 Å². The third kappa shape index (κ3) is 3.09. The van der Waals surface area contributed by atoms with E-state index in [1.54, 1.807) is 18.3 Å². The predicted octanol–water partition coefficient (Wildman–Crippen LogP) is 4.08. The van der Waals surface area contributed by atoms with Gasteiger partial charge >= 0.3 is 6.36 Å². The quantitative estimate of drug-likeness (QED) is 0.926. The molecule has 1 N–H and O–H groups in total. The van der Waals surface area contributed by atoms with Crippen LogP contribution in [0.4, 0.5) is 18.9 Å². The lowest BCUT2D eigenvalue weighted by molar-refractivity contribution is -0.274. The minimum Gasteiger partial charge on any atom is -0.404 e. The zero-order valence-electron chi connectivity index (χ0n) is 11.0. The van der Waals surface area contributed by atoms with Crippen LogP contribution in [0.1, 0.15) is 23.7 Å². The largest absolute Gasteiger partial charge is 0.573 e. The molecule has 0 saturated heterocycles. The van der Waals surface area contributed by atoms with Crippen molar-refractivity contribution in [1.29, 1.82) is 0 Å². The minimum atomic E-state index is -4.70. The van der Waals surface area contributed by atoms with E-state index in [0.717, 1.165) is 24.1 Å². The third-order valence-electron chi connectivity index (χ3n) is 3.40. The van der Waals surface area contributed by atoms with Crippen LogP contribution in [0.2, 0.25) is 0 Å².